The van der Waals surface area contributed by atoms with E-state index in [0.29, 0.717) is 39.7 Å². The van der Waals surface area contributed by atoms with E-state index in [9.17, 15) is 9.59 Å². The summed E-state index contributed by atoms with van der Waals surface area (Å²) >= 11 is 1.50. The second-order valence-corrected chi connectivity index (χ2v) is 8.42. The zero-order chi connectivity index (χ0) is 24.1. The van der Waals surface area contributed by atoms with Crippen LogP contribution in [-0.4, -0.2) is 37.2 Å². The van der Waals surface area contributed by atoms with Crippen molar-refractivity contribution in [3.8, 4) is 22.1 Å². The third kappa shape index (κ3) is 4.87. The van der Waals surface area contributed by atoms with Crippen LogP contribution in [0.2, 0.25) is 0 Å². The van der Waals surface area contributed by atoms with Gasteiger partial charge in [-0.2, -0.15) is 0 Å². The van der Waals surface area contributed by atoms with Gasteiger partial charge in [0.1, 0.15) is 16.5 Å². The molecule has 1 heterocycles. The number of benzene rings is 3. The predicted molar refractivity (Wildman–Crippen MR) is 133 cm³/mol. The molecule has 0 spiro atoms. The van der Waals surface area contributed by atoms with Crippen LogP contribution in [0.25, 0.3) is 20.8 Å². The number of para-hydroxylation sites is 1. The van der Waals surface area contributed by atoms with E-state index in [4.69, 9.17) is 14.2 Å². The monoisotopic (exact) mass is 476 g/mol. The number of nitrogens with one attached hydrogen (secondary N) is 1. The number of nitrogens with zero attached hydrogens (tertiary/aromatic N) is 1. The van der Waals surface area contributed by atoms with Crippen molar-refractivity contribution in [3.63, 3.8) is 0 Å². The Hall–Kier alpha value is -3.91. The van der Waals surface area contributed by atoms with Gasteiger partial charge in [-0.05, 0) is 36.8 Å². The number of hydrogen-bond acceptors (Lipinski definition) is 7. The highest BCUT2D eigenvalue weighted by atomic mass is 32.1. The molecule has 7 nitrogen and oxygen atoms in total. The molecule has 0 saturated heterocycles. The van der Waals surface area contributed by atoms with Crippen molar-refractivity contribution in [1.29, 1.82) is 0 Å². The number of fused-ring (bicyclic) bond motifs is 1. The van der Waals surface area contributed by atoms with E-state index >= 15 is 0 Å². The minimum absolute atomic E-state index is 0.299. The van der Waals surface area contributed by atoms with Gasteiger partial charge in [0.2, 0.25) is 0 Å². The number of hydrogen-bond donors (Lipinski definition) is 1. The predicted octanol–water partition coefficient (Wildman–Crippen LogP) is 5.55. The van der Waals surface area contributed by atoms with E-state index in [1.54, 1.807) is 37.3 Å². The molecule has 1 aromatic heterocycles. The number of methoxy groups -OCH3 is 2. The fourth-order valence-corrected chi connectivity index (χ4v) is 4.48. The van der Waals surface area contributed by atoms with E-state index < -0.39 is 18.0 Å². The molecule has 4 rings (SSSR count). The smallest absolute Gasteiger partial charge is 0.339 e. The molecule has 0 bridgehead atoms. The number of esters is 1. The highest BCUT2D eigenvalue weighted by Gasteiger charge is 2.25. The van der Waals surface area contributed by atoms with Crippen molar-refractivity contribution in [2.24, 2.45) is 0 Å². The largest absolute Gasteiger partial charge is 0.497 e. The van der Waals surface area contributed by atoms with E-state index in [2.05, 4.69) is 10.3 Å². The van der Waals surface area contributed by atoms with Gasteiger partial charge in [-0.3, -0.25) is 4.79 Å². The summed E-state index contributed by atoms with van der Waals surface area (Å²) in [6, 6.07) is 20.0. The van der Waals surface area contributed by atoms with Crippen LogP contribution in [-0.2, 0) is 9.53 Å². The standard InChI is InChI=1S/C26H24N2O5S/c1-4-21(24(29)27-20-15-16(31-2)13-14-22(20)32-3)33-26(30)18-10-6-5-9-17(18)25-28-19-11-7-8-12-23(19)34-25/h5-15,21H,4H2,1-3H3,(H,27,29). The Labute approximate surface area is 201 Å². The molecule has 0 aliphatic rings. The molecule has 0 fully saturated rings. The molecule has 0 aliphatic heterocycles. The van der Waals surface area contributed by atoms with Gasteiger partial charge in [0.05, 0.1) is 35.7 Å². The van der Waals surface area contributed by atoms with Crippen molar-refractivity contribution in [2.75, 3.05) is 19.5 Å². The molecule has 4 aromatic rings. The average Bonchev–Trinajstić information content (AvgIpc) is 3.31. The van der Waals surface area contributed by atoms with Gasteiger partial charge in [-0.1, -0.05) is 37.3 Å². The summed E-state index contributed by atoms with van der Waals surface area (Å²) in [6.45, 7) is 1.78. The second kappa shape index (κ2) is 10.4. The lowest BCUT2D eigenvalue weighted by Crippen LogP contribution is -2.32. The Morgan fingerprint density at radius 1 is 1.00 bits per heavy atom. The zero-order valence-corrected chi connectivity index (χ0v) is 19.8. The first kappa shape index (κ1) is 23.3. The van der Waals surface area contributed by atoms with Crippen molar-refractivity contribution in [1.82, 2.24) is 4.98 Å². The maximum atomic E-state index is 13.1. The van der Waals surface area contributed by atoms with E-state index in [-0.39, 0.29) is 0 Å². The van der Waals surface area contributed by atoms with Crippen LogP contribution in [0.15, 0.2) is 66.7 Å². The first-order valence-corrected chi connectivity index (χ1v) is 11.5. The first-order chi connectivity index (χ1) is 16.5. The van der Waals surface area contributed by atoms with Gasteiger partial charge in [0.15, 0.2) is 6.10 Å². The van der Waals surface area contributed by atoms with Crippen molar-refractivity contribution in [2.45, 2.75) is 19.4 Å². The molecule has 1 amide bonds. The molecule has 0 aliphatic carbocycles. The number of ether oxygens (including phenoxy) is 3. The SMILES string of the molecule is CCC(OC(=O)c1ccccc1-c1nc2ccccc2s1)C(=O)Nc1cc(OC)ccc1OC. The minimum atomic E-state index is -0.994. The molecule has 1 N–H and O–H groups in total. The van der Waals surface area contributed by atoms with Gasteiger partial charge in [0, 0.05) is 11.6 Å². The van der Waals surface area contributed by atoms with E-state index in [0.717, 1.165) is 10.2 Å². The van der Waals surface area contributed by atoms with Crippen molar-refractivity contribution in [3.05, 3.63) is 72.3 Å². The maximum Gasteiger partial charge on any atom is 0.339 e. The number of aromatic nitrogens is 1. The number of anilines is 1. The summed E-state index contributed by atoms with van der Waals surface area (Å²) in [4.78, 5) is 30.7. The summed E-state index contributed by atoms with van der Waals surface area (Å²) < 4.78 is 17.2. The lowest BCUT2D eigenvalue weighted by Gasteiger charge is -2.18. The Kier molecular flexibility index (Phi) is 7.08. The summed E-state index contributed by atoms with van der Waals surface area (Å²) in [5, 5.41) is 3.49. The van der Waals surface area contributed by atoms with Crippen LogP contribution in [0, 0.1) is 0 Å². The van der Waals surface area contributed by atoms with Crippen LogP contribution >= 0.6 is 11.3 Å². The Balaban J connectivity index is 1.56. The van der Waals surface area contributed by atoms with Gasteiger partial charge in [-0.25, -0.2) is 9.78 Å². The quantitative estimate of drug-likeness (QED) is 0.335. The number of carbonyl (C=O) groups excluding carboxylic acids is 2. The normalized spacial score (nSPS) is 11.6. The molecule has 1 unspecified atom stereocenters. The third-order valence-electron chi connectivity index (χ3n) is 5.25. The Morgan fingerprint density at radius 2 is 1.76 bits per heavy atom. The highest BCUT2D eigenvalue weighted by Crippen LogP contribution is 2.33. The second-order valence-electron chi connectivity index (χ2n) is 7.39. The summed E-state index contributed by atoms with van der Waals surface area (Å²) in [7, 11) is 3.04. The molecule has 0 radical (unpaired) electrons. The first-order valence-electron chi connectivity index (χ1n) is 10.7. The van der Waals surface area contributed by atoms with Crippen molar-refractivity contribution >= 4 is 39.1 Å². The van der Waals surface area contributed by atoms with Crippen LogP contribution in [0.5, 0.6) is 11.5 Å². The molecular formula is C26H24N2O5S. The number of rotatable bonds is 8. The molecule has 174 valence electrons. The van der Waals surface area contributed by atoms with Gasteiger partial charge >= 0.3 is 5.97 Å². The highest BCUT2D eigenvalue weighted by molar-refractivity contribution is 7.21. The van der Waals surface area contributed by atoms with Gasteiger partial charge in [-0.15, -0.1) is 11.3 Å². The molecule has 1 atom stereocenters. The topological polar surface area (TPSA) is 86.8 Å². The Bertz CT molecular complexity index is 1300. The molecular weight excluding hydrogens is 452 g/mol. The lowest BCUT2D eigenvalue weighted by molar-refractivity contribution is -0.124. The van der Waals surface area contributed by atoms with Crippen LogP contribution in [0.4, 0.5) is 5.69 Å². The van der Waals surface area contributed by atoms with E-state index in [1.807, 2.05) is 36.4 Å². The minimum Gasteiger partial charge on any atom is -0.497 e. The average molecular weight is 477 g/mol. The van der Waals surface area contributed by atoms with Crippen LogP contribution in [0.1, 0.15) is 23.7 Å². The van der Waals surface area contributed by atoms with Crippen molar-refractivity contribution < 1.29 is 23.8 Å². The summed E-state index contributed by atoms with van der Waals surface area (Å²) in [5.41, 5.74) is 2.31. The fraction of sp³-hybridized carbons (Fsp3) is 0.192. The lowest BCUT2D eigenvalue weighted by atomic mass is 10.1. The maximum absolute atomic E-state index is 13.1. The van der Waals surface area contributed by atoms with Crippen LogP contribution < -0.4 is 14.8 Å². The number of thiazole rings is 1. The summed E-state index contributed by atoms with van der Waals surface area (Å²) in [5.74, 6) is -0.0169. The fourth-order valence-electron chi connectivity index (χ4n) is 3.47. The van der Waals surface area contributed by atoms with Crippen LogP contribution in [0.3, 0.4) is 0 Å². The third-order valence-corrected chi connectivity index (χ3v) is 6.32. The molecule has 8 heteroatoms. The van der Waals surface area contributed by atoms with Gasteiger partial charge < -0.3 is 19.5 Å². The van der Waals surface area contributed by atoms with Gasteiger partial charge in [0.25, 0.3) is 5.91 Å². The Morgan fingerprint density at radius 3 is 2.50 bits per heavy atom. The number of carbonyl (C=O) groups is 2. The van der Waals surface area contributed by atoms with E-state index in [1.165, 1.54) is 25.6 Å². The molecule has 34 heavy (non-hydrogen) atoms. The summed E-state index contributed by atoms with van der Waals surface area (Å²) in [6.07, 6.45) is -0.695. The molecule has 3 aromatic carbocycles. The zero-order valence-electron chi connectivity index (χ0n) is 19.0. The molecule has 0 saturated carbocycles. The number of amides is 1.